The molecule has 3 rings (SSSR count). The van der Waals surface area contributed by atoms with Crippen LogP contribution in [0.2, 0.25) is 0 Å². The molecule has 0 aromatic carbocycles. The summed E-state index contributed by atoms with van der Waals surface area (Å²) in [5.74, 6) is 5.40. The Bertz CT molecular complexity index is 664. The summed E-state index contributed by atoms with van der Waals surface area (Å²) in [4.78, 5) is 51.2. The quantitative estimate of drug-likeness (QED) is 0.185. The highest BCUT2D eigenvalue weighted by molar-refractivity contribution is 7.76. The summed E-state index contributed by atoms with van der Waals surface area (Å²) < 4.78 is 5.19. The number of amidine groups is 2. The number of hydrazine groups is 1. The van der Waals surface area contributed by atoms with Gasteiger partial charge in [-0.25, -0.2) is 20.6 Å². The van der Waals surface area contributed by atoms with Crippen LogP contribution in [0.1, 0.15) is 0 Å². The fourth-order valence-electron chi connectivity index (χ4n) is 2.81. The third-order valence-electron chi connectivity index (χ3n) is 4.13. The monoisotopic (exact) mass is 377 g/mol. The summed E-state index contributed by atoms with van der Waals surface area (Å²) >= 11 is 0. The summed E-state index contributed by atoms with van der Waals surface area (Å²) in [6.07, 6.45) is -6.00. The maximum Gasteiger partial charge on any atom is 0.481 e. The minimum Gasteiger partial charge on any atom is -0.387 e. The number of aliphatic hydroxyl groups is 2. The lowest BCUT2D eigenvalue weighted by Gasteiger charge is -2.35. The van der Waals surface area contributed by atoms with Gasteiger partial charge in [-0.2, -0.15) is 14.7 Å². The highest BCUT2D eigenvalue weighted by Gasteiger charge is 2.58. The van der Waals surface area contributed by atoms with Gasteiger partial charge in [0.1, 0.15) is 36.7 Å². The third-order valence-corrected chi connectivity index (χ3v) is 4.97. The van der Waals surface area contributed by atoms with E-state index in [0.29, 0.717) is 6.54 Å². The van der Waals surface area contributed by atoms with Crippen LogP contribution in [0.5, 0.6) is 0 Å². The van der Waals surface area contributed by atoms with Crippen LogP contribution in [-0.4, -0.2) is 90.6 Å². The molecule has 14 heteroatoms. The highest BCUT2D eigenvalue weighted by atomic mass is 31.2. The van der Waals surface area contributed by atoms with E-state index >= 15 is 0 Å². The van der Waals surface area contributed by atoms with Crippen LogP contribution in [0.15, 0.2) is 15.0 Å². The molecule has 0 spiro atoms. The van der Waals surface area contributed by atoms with Crippen molar-refractivity contribution < 1.29 is 34.4 Å². The second kappa shape index (κ2) is 6.30. The van der Waals surface area contributed by atoms with E-state index < -0.39 is 44.0 Å². The van der Waals surface area contributed by atoms with E-state index in [1.165, 1.54) is 11.3 Å². The number of carbonyl (C=O) groups is 1. The number of ether oxygens (including phenoxy) is 1. The predicted octanol–water partition coefficient (Wildman–Crippen LogP) is -4.33. The summed E-state index contributed by atoms with van der Waals surface area (Å²) in [6.45, 7) is 0.314. The Morgan fingerprint density at radius 3 is 2.64 bits per heavy atom. The lowest BCUT2D eigenvalue weighted by molar-refractivity contribution is -0.126. The molecule has 0 amide bonds. The molecule has 6 atom stereocenters. The number of fused-ring (bicyclic) bond motifs is 1. The van der Waals surface area contributed by atoms with Crippen molar-refractivity contribution in [2.45, 2.75) is 30.6 Å². The molecule has 2 unspecified atom stereocenters. The first-order valence-corrected chi connectivity index (χ1v) is 8.84. The highest BCUT2D eigenvalue weighted by Crippen LogP contribution is 2.49. The van der Waals surface area contributed by atoms with Crippen LogP contribution in [-0.2, 0) is 9.53 Å². The first-order chi connectivity index (χ1) is 11.6. The molecule has 25 heavy (non-hydrogen) atoms. The first-order valence-electron chi connectivity index (χ1n) is 7.19. The van der Waals surface area contributed by atoms with Gasteiger partial charge in [0.25, 0.3) is 0 Å². The summed E-state index contributed by atoms with van der Waals surface area (Å²) in [5, 5.41) is 21.3. The van der Waals surface area contributed by atoms with Crippen LogP contribution < -0.4 is 11.6 Å². The van der Waals surface area contributed by atoms with Gasteiger partial charge in [0, 0.05) is 0 Å². The van der Waals surface area contributed by atoms with E-state index in [1.807, 2.05) is 0 Å². The van der Waals surface area contributed by atoms with Crippen molar-refractivity contribution >= 4 is 31.5 Å². The minimum absolute atomic E-state index is 0.121. The van der Waals surface area contributed by atoms with E-state index in [1.54, 1.807) is 0 Å². The molecule has 0 saturated carbocycles. The van der Waals surface area contributed by atoms with Gasteiger partial charge < -0.3 is 20.7 Å². The first kappa shape index (κ1) is 18.2. The molecule has 3 heterocycles. The average Bonchev–Trinajstić information content (AvgIpc) is 2.82. The van der Waals surface area contributed by atoms with Gasteiger partial charge >= 0.3 is 13.5 Å². The van der Waals surface area contributed by atoms with Crippen molar-refractivity contribution in [2.75, 3.05) is 6.54 Å². The normalized spacial score (nSPS) is 38.2. The second-order valence-corrected chi connectivity index (χ2v) is 7.41. The van der Waals surface area contributed by atoms with E-state index in [-0.39, 0.29) is 17.6 Å². The topological polar surface area (TPSA) is 220 Å². The molecule has 9 N–H and O–H groups in total. The van der Waals surface area contributed by atoms with Crippen molar-refractivity contribution in [3.05, 3.63) is 0 Å². The Kier molecular flexibility index (Phi) is 4.59. The third kappa shape index (κ3) is 3.16. The Morgan fingerprint density at radius 2 is 2.00 bits per heavy atom. The van der Waals surface area contributed by atoms with Crippen molar-refractivity contribution in [1.82, 2.24) is 5.01 Å². The zero-order valence-electron chi connectivity index (χ0n) is 12.7. The Balaban J connectivity index is 1.87. The van der Waals surface area contributed by atoms with Gasteiger partial charge in [-0.1, -0.05) is 0 Å². The van der Waals surface area contributed by atoms with E-state index in [9.17, 15) is 15.0 Å². The van der Waals surface area contributed by atoms with Gasteiger partial charge in [0.15, 0.2) is 11.9 Å². The number of aliphatic hydroxyl groups excluding tert-OH is 2. The smallest absolute Gasteiger partial charge is 0.387 e. The van der Waals surface area contributed by atoms with Gasteiger partial charge in [-0.05, 0) is 0 Å². The van der Waals surface area contributed by atoms with Crippen molar-refractivity contribution in [3.63, 3.8) is 0 Å². The number of hydrogen-bond donors (Lipinski definition) is 7. The maximum absolute atomic E-state index is 11.8. The fraction of sp³-hybridized carbons (Fsp3) is 0.636. The van der Waals surface area contributed by atoms with Gasteiger partial charge in [-0.3, -0.25) is 10.0 Å². The number of aliphatic imine (C=N–C) groups is 3. The van der Waals surface area contributed by atoms with Crippen LogP contribution in [0.25, 0.3) is 0 Å². The molecule has 13 nitrogen and oxygen atoms in total. The molecule has 0 radical (unpaired) electrons. The Morgan fingerprint density at radius 1 is 1.32 bits per heavy atom. The molecule has 0 bridgehead atoms. The standard InChI is InChI=1S/C11H18N6O7P/c12-8-3-1-14-2-17(13)10(3)16-9(15-8)6-4(18)5(19)7(24-6)11(20)25(21,22)23/h2-7,10,18-19,21-23H,1,13H2,(H2,12,15,16)/q+1/t3?,4-,5+,6-,7+,10?/m1/s1. The van der Waals surface area contributed by atoms with E-state index in [4.69, 9.17) is 31.0 Å². The number of nitrogens with zero attached hydrogens (tertiary/aromatic N) is 4. The van der Waals surface area contributed by atoms with E-state index in [2.05, 4.69) is 15.0 Å². The van der Waals surface area contributed by atoms with Gasteiger partial charge in [0.2, 0.25) is 0 Å². The lowest BCUT2D eigenvalue weighted by atomic mass is 10.0. The molecule has 138 valence electrons. The zero-order valence-corrected chi connectivity index (χ0v) is 13.6. The molecule has 3 aliphatic rings. The number of hydrogen-bond acceptors (Lipinski definition) is 13. The molecule has 1 fully saturated rings. The van der Waals surface area contributed by atoms with Crippen LogP contribution >= 0.6 is 7.94 Å². The maximum atomic E-state index is 11.8. The average molecular weight is 377 g/mol. The van der Waals surface area contributed by atoms with Crippen molar-refractivity contribution in [1.29, 1.82) is 0 Å². The zero-order chi connectivity index (χ0) is 18.5. The molecule has 0 aromatic heterocycles. The van der Waals surface area contributed by atoms with Crippen LogP contribution in [0, 0.1) is 5.92 Å². The molecule has 0 aromatic rings. The van der Waals surface area contributed by atoms with Crippen molar-refractivity contribution in [2.24, 2.45) is 32.5 Å². The predicted molar refractivity (Wildman–Crippen MR) is 85.0 cm³/mol. The summed E-state index contributed by atoms with van der Waals surface area (Å²) in [7, 11) is -4.91. The minimum atomic E-state index is -4.91. The van der Waals surface area contributed by atoms with E-state index in [0.717, 1.165) is 0 Å². The summed E-state index contributed by atoms with van der Waals surface area (Å²) in [5.41, 5.74) is 4.36. The van der Waals surface area contributed by atoms with Crippen LogP contribution in [0.4, 0.5) is 0 Å². The largest absolute Gasteiger partial charge is 0.481 e. The van der Waals surface area contributed by atoms with Crippen molar-refractivity contribution in [3.8, 4) is 0 Å². The molecule has 1 saturated heterocycles. The SMILES string of the molecule is NC1=NC([C@@H]2O[C@H](C(=O)[P+](O)(O)O)[C@@H](O)[C@H]2O)=NC2C1CN=CN2N. The molecular weight excluding hydrogens is 359 g/mol. The molecule has 0 aliphatic carbocycles. The summed E-state index contributed by atoms with van der Waals surface area (Å²) in [6, 6.07) is 0. The van der Waals surface area contributed by atoms with Gasteiger partial charge in [0.05, 0.1) is 12.5 Å². The fourth-order valence-corrected chi connectivity index (χ4v) is 3.37. The van der Waals surface area contributed by atoms with Gasteiger partial charge in [-0.15, -0.1) is 0 Å². The number of nitrogens with two attached hydrogens (primary N) is 2. The van der Waals surface area contributed by atoms with Crippen LogP contribution in [0.3, 0.4) is 0 Å². The Labute approximate surface area is 141 Å². The number of rotatable bonds is 3. The molecule has 3 aliphatic heterocycles. The molecular formula is C11H18N6O7P+. The second-order valence-electron chi connectivity index (χ2n) is 5.84. The lowest BCUT2D eigenvalue weighted by Crippen LogP contribution is -2.54. The number of carbonyl (C=O) groups excluding carboxylic acids is 1. The Hall–Kier alpha value is -1.57.